The van der Waals surface area contributed by atoms with Crippen molar-refractivity contribution in [3.8, 4) is 0 Å². The molecule has 0 aliphatic carbocycles. The predicted molar refractivity (Wildman–Crippen MR) is 62.0 cm³/mol. The number of piperidine rings is 1. The van der Waals surface area contributed by atoms with Gasteiger partial charge in [0.25, 0.3) is 10.2 Å². The largest absolute Gasteiger partial charge is 0.481 e. The molecule has 0 bridgehead atoms. The molecular weight excluding hydrogens is 276 g/mol. The molecule has 2 N–H and O–H groups in total. The Labute approximate surface area is 109 Å². The van der Waals surface area contributed by atoms with Crippen LogP contribution in [0.3, 0.4) is 0 Å². The van der Waals surface area contributed by atoms with Crippen molar-refractivity contribution in [2.45, 2.75) is 19.4 Å². The maximum Gasteiger partial charge on any atom is 0.307 e. The molecule has 1 aliphatic heterocycles. The van der Waals surface area contributed by atoms with Gasteiger partial charge in [-0.25, -0.2) is 0 Å². The summed E-state index contributed by atoms with van der Waals surface area (Å²) in [5.41, 5.74) is 0. The Morgan fingerprint density at radius 3 is 3.05 bits per heavy atom. The fraction of sp³-hybridized carbons (Fsp3) is 0.667. The van der Waals surface area contributed by atoms with Gasteiger partial charge in [0.05, 0.1) is 12.5 Å². The Balaban J connectivity index is 1.96. The fourth-order valence-electron chi connectivity index (χ4n) is 1.88. The highest BCUT2D eigenvalue weighted by molar-refractivity contribution is 7.87. The molecule has 0 saturated carbocycles. The van der Waals surface area contributed by atoms with Gasteiger partial charge in [0.2, 0.25) is 6.39 Å². The number of aromatic nitrogens is 2. The lowest BCUT2D eigenvalue weighted by atomic mass is 10.0. The summed E-state index contributed by atoms with van der Waals surface area (Å²) in [6.07, 6.45) is 2.12. The molecule has 9 nitrogen and oxygen atoms in total. The van der Waals surface area contributed by atoms with E-state index >= 15 is 0 Å². The molecule has 0 radical (unpaired) electrons. The van der Waals surface area contributed by atoms with E-state index in [0.717, 1.165) is 10.7 Å². The summed E-state index contributed by atoms with van der Waals surface area (Å²) in [5, 5.41) is 12.4. The van der Waals surface area contributed by atoms with Crippen molar-refractivity contribution >= 4 is 16.2 Å². The van der Waals surface area contributed by atoms with E-state index in [1.54, 1.807) is 0 Å². The van der Waals surface area contributed by atoms with E-state index < -0.39 is 22.1 Å². The van der Waals surface area contributed by atoms with Crippen molar-refractivity contribution in [1.82, 2.24) is 19.2 Å². The number of nitrogens with one attached hydrogen (secondary N) is 1. The molecule has 0 spiro atoms. The number of hydrogen-bond donors (Lipinski definition) is 2. The molecule has 1 aromatic rings. The van der Waals surface area contributed by atoms with Crippen molar-refractivity contribution in [1.29, 1.82) is 0 Å². The van der Waals surface area contributed by atoms with E-state index in [9.17, 15) is 13.2 Å². The molecule has 1 fully saturated rings. The molecule has 1 atom stereocenters. The first-order valence-electron chi connectivity index (χ1n) is 5.72. The van der Waals surface area contributed by atoms with Crippen molar-refractivity contribution in [3.63, 3.8) is 0 Å². The second-order valence-electron chi connectivity index (χ2n) is 4.21. The smallest absolute Gasteiger partial charge is 0.307 e. The molecule has 106 valence electrons. The highest BCUT2D eigenvalue weighted by Gasteiger charge is 2.32. The van der Waals surface area contributed by atoms with Crippen molar-refractivity contribution in [3.05, 3.63) is 12.2 Å². The van der Waals surface area contributed by atoms with Gasteiger partial charge in [0.15, 0.2) is 5.82 Å². The minimum atomic E-state index is -3.73. The molecule has 2 rings (SSSR count). The number of carboxylic acid groups (broad SMARTS) is 1. The third kappa shape index (κ3) is 3.49. The van der Waals surface area contributed by atoms with Crippen LogP contribution in [0.15, 0.2) is 10.9 Å². The Morgan fingerprint density at radius 2 is 2.42 bits per heavy atom. The summed E-state index contributed by atoms with van der Waals surface area (Å²) in [7, 11) is -3.73. The Hall–Kier alpha value is -1.52. The number of carbonyl (C=O) groups is 1. The Morgan fingerprint density at radius 1 is 1.63 bits per heavy atom. The van der Waals surface area contributed by atoms with E-state index in [2.05, 4.69) is 19.4 Å². The first-order chi connectivity index (χ1) is 8.99. The van der Waals surface area contributed by atoms with Gasteiger partial charge in [-0.3, -0.25) is 4.79 Å². The van der Waals surface area contributed by atoms with Gasteiger partial charge in [-0.2, -0.15) is 22.4 Å². The molecule has 0 aromatic carbocycles. The molecule has 1 saturated heterocycles. The predicted octanol–water partition coefficient (Wildman–Crippen LogP) is -0.799. The van der Waals surface area contributed by atoms with E-state index in [1.807, 2.05) is 0 Å². The number of hydrogen-bond acceptors (Lipinski definition) is 6. The van der Waals surface area contributed by atoms with Crippen molar-refractivity contribution < 1.29 is 22.8 Å². The van der Waals surface area contributed by atoms with Crippen LogP contribution in [0.4, 0.5) is 0 Å². The number of carboxylic acids is 1. The lowest BCUT2D eigenvalue weighted by molar-refractivity contribution is -0.142. The van der Waals surface area contributed by atoms with Crippen LogP contribution < -0.4 is 4.72 Å². The van der Waals surface area contributed by atoms with E-state index in [4.69, 9.17) is 5.11 Å². The van der Waals surface area contributed by atoms with Crippen LogP contribution in [0.5, 0.6) is 0 Å². The second-order valence-corrected chi connectivity index (χ2v) is 5.96. The van der Waals surface area contributed by atoms with Crippen LogP contribution in [0.2, 0.25) is 0 Å². The van der Waals surface area contributed by atoms with Crippen LogP contribution in [-0.4, -0.2) is 47.0 Å². The van der Waals surface area contributed by atoms with Gasteiger partial charge in [0, 0.05) is 13.1 Å². The molecule has 0 amide bonds. The van der Waals surface area contributed by atoms with E-state index in [0.29, 0.717) is 19.4 Å². The standard InChI is InChI=1S/C9H14N4O5S/c14-9(15)7-2-1-3-13(5-7)19(16,17)11-4-8-10-6-18-12-8/h6-7,11H,1-5H2,(H,14,15). The molecule has 1 unspecified atom stereocenters. The molecule has 2 heterocycles. The second kappa shape index (κ2) is 5.63. The van der Waals surface area contributed by atoms with Crippen LogP contribution in [0.1, 0.15) is 18.7 Å². The van der Waals surface area contributed by atoms with Crippen molar-refractivity contribution in [2.75, 3.05) is 13.1 Å². The normalized spacial score (nSPS) is 21.4. The first-order valence-corrected chi connectivity index (χ1v) is 7.16. The lowest BCUT2D eigenvalue weighted by Gasteiger charge is -2.29. The van der Waals surface area contributed by atoms with Crippen molar-refractivity contribution in [2.24, 2.45) is 5.92 Å². The molecule has 1 aliphatic rings. The first kappa shape index (κ1) is 13.9. The number of rotatable bonds is 5. The highest BCUT2D eigenvalue weighted by atomic mass is 32.2. The maximum absolute atomic E-state index is 12.0. The minimum Gasteiger partial charge on any atom is -0.481 e. The average Bonchev–Trinajstić information content (AvgIpc) is 2.90. The zero-order chi connectivity index (χ0) is 13.9. The monoisotopic (exact) mass is 290 g/mol. The van der Waals surface area contributed by atoms with Crippen LogP contribution >= 0.6 is 0 Å². The summed E-state index contributed by atoms with van der Waals surface area (Å²) >= 11 is 0. The molecule has 19 heavy (non-hydrogen) atoms. The lowest BCUT2D eigenvalue weighted by Crippen LogP contribution is -2.47. The van der Waals surface area contributed by atoms with Gasteiger partial charge < -0.3 is 9.63 Å². The number of nitrogens with zero attached hydrogens (tertiary/aromatic N) is 3. The summed E-state index contributed by atoms with van der Waals surface area (Å²) in [6.45, 7) is 0.204. The summed E-state index contributed by atoms with van der Waals surface area (Å²) in [6, 6.07) is 0. The van der Waals surface area contributed by atoms with E-state index in [1.165, 1.54) is 0 Å². The zero-order valence-electron chi connectivity index (χ0n) is 10.0. The average molecular weight is 290 g/mol. The van der Waals surface area contributed by atoms with Gasteiger partial charge in [-0.05, 0) is 12.8 Å². The maximum atomic E-state index is 12.0. The summed E-state index contributed by atoms with van der Waals surface area (Å²) < 4.78 is 31.9. The van der Waals surface area contributed by atoms with Crippen LogP contribution in [-0.2, 0) is 21.5 Å². The van der Waals surface area contributed by atoms with Crippen LogP contribution in [0.25, 0.3) is 0 Å². The van der Waals surface area contributed by atoms with Crippen LogP contribution in [0, 0.1) is 5.92 Å². The summed E-state index contributed by atoms with van der Waals surface area (Å²) in [5.74, 6) is -1.41. The van der Waals surface area contributed by atoms with Gasteiger partial charge in [-0.1, -0.05) is 5.16 Å². The molecule has 1 aromatic heterocycles. The number of aliphatic carboxylic acids is 1. The minimum absolute atomic E-state index is 0.0170. The Kier molecular flexibility index (Phi) is 4.12. The highest BCUT2D eigenvalue weighted by Crippen LogP contribution is 2.18. The molecule has 10 heteroatoms. The third-order valence-corrected chi connectivity index (χ3v) is 4.41. The van der Waals surface area contributed by atoms with Gasteiger partial charge >= 0.3 is 5.97 Å². The Bertz CT molecular complexity index is 529. The summed E-state index contributed by atoms with van der Waals surface area (Å²) in [4.78, 5) is 14.6. The van der Waals surface area contributed by atoms with Gasteiger partial charge in [0.1, 0.15) is 0 Å². The van der Waals surface area contributed by atoms with Gasteiger partial charge in [-0.15, -0.1) is 0 Å². The fourth-order valence-corrected chi connectivity index (χ4v) is 3.12. The zero-order valence-corrected chi connectivity index (χ0v) is 10.8. The molecular formula is C9H14N4O5S. The SMILES string of the molecule is O=C(O)C1CCCN(S(=O)(=O)NCc2ncon2)C1. The third-order valence-electron chi connectivity index (χ3n) is 2.89. The quantitative estimate of drug-likeness (QED) is 0.727. The van der Waals surface area contributed by atoms with E-state index in [-0.39, 0.29) is 18.9 Å². The topological polar surface area (TPSA) is 126 Å².